The Morgan fingerprint density at radius 1 is 1.21 bits per heavy atom. The number of nitrogens with zero attached hydrogens (tertiary/aromatic N) is 1. The zero-order valence-corrected chi connectivity index (χ0v) is 22.0. The molecule has 2 atom stereocenters. The summed E-state index contributed by atoms with van der Waals surface area (Å²) in [5.41, 5.74) is -3.03. The van der Waals surface area contributed by atoms with Gasteiger partial charge in [-0.05, 0) is 50.6 Å². The van der Waals surface area contributed by atoms with Gasteiger partial charge in [0.15, 0.2) is 11.6 Å². The molecule has 2 aromatic rings. The molecular formula is C24H26F4N2O8S. The number of carboxylic acids is 1. The first-order valence-corrected chi connectivity index (χ1v) is 12.9. The second-order valence-corrected chi connectivity index (χ2v) is 11.1. The summed E-state index contributed by atoms with van der Waals surface area (Å²) < 4.78 is 96.6. The van der Waals surface area contributed by atoms with Crippen LogP contribution in [0.15, 0.2) is 41.3 Å². The van der Waals surface area contributed by atoms with E-state index < -0.39 is 51.7 Å². The molecule has 10 nitrogen and oxygen atoms in total. The van der Waals surface area contributed by atoms with Crippen molar-refractivity contribution in [2.45, 2.75) is 50.0 Å². The molecule has 0 unspecified atom stereocenters. The van der Waals surface area contributed by atoms with Gasteiger partial charge in [0.2, 0.25) is 5.60 Å². The molecule has 1 aliphatic heterocycles. The molecule has 0 radical (unpaired) electrons. The molecule has 3 rings (SSSR count). The van der Waals surface area contributed by atoms with Crippen molar-refractivity contribution in [2.75, 3.05) is 23.3 Å². The first-order chi connectivity index (χ1) is 18.0. The van der Waals surface area contributed by atoms with Crippen molar-refractivity contribution < 1.29 is 54.9 Å². The van der Waals surface area contributed by atoms with E-state index in [1.807, 2.05) is 0 Å². The van der Waals surface area contributed by atoms with Crippen molar-refractivity contribution in [3.8, 4) is 11.5 Å². The van der Waals surface area contributed by atoms with Crippen molar-refractivity contribution in [2.24, 2.45) is 5.92 Å². The van der Waals surface area contributed by atoms with Crippen LogP contribution in [-0.2, 0) is 19.6 Å². The molecule has 2 aromatic carbocycles. The third-order valence-electron chi connectivity index (χ3n) is 5.92. The Morgan fingerprint density at radius 2 is 1.87 bits per heavy atom. The fourth-order valence-corrected chi connectivity index (χ4v) is 5.11. The van der Waals surface area contributed by atoms with Crippen LogP contribution in [0.1, 0.15) is 27.2 Å². The molecule has 0 aromatic heterocycles. The van der Waals surface area contributed by atoms with Crippen molar-refractivity contribution in [3.63, 3.8) is 0 Å². The van der Waals surface area contributed by atoms with Crippen LogP contribution in [0.3, 0.4) is 0 Å². The number of halogens is 4. The number of ether oxygens (including phenoxy) is 3. The minimum Gasteiger partial charge on any atom is -0.494 e. The summed E-state index contributed by atoms with van der Waals surface area (Å²) in [7, 11) is -3.29. The van der Waals surface area contributed by atoms with Crippen LogP contribution < -0.4 is 19.1 Å². The largest absolute Gasteiger partial charge is 0.494 e. The number of alkyl halides is 3. The van der Waals surface area contributed by atoms with E-state index in [0.717, 1.165) is 35.7 Å². The van der Waals surface area contributed by atoms with Crippen LogP contribution in [0.25, 0.3) is 0 Å². The molecule has 0 fully saturated rings. The van der Waals surface area contributed by atoms with E-state index in [2.05, 4.69) is 10.1 Å². The molecule has 1 amide bonds. The summed E-state index contributed by atoms with van der Waals surface area (Å²) in [4.78, 5) is 23.2. The average Bonchev–Trinajstić information content (AvgIpc) is 2.82. The molecule has 15 heteroatoms. The molecule has 0 aliphatic carbocycles. The number of sulfonamides is 1. The molecule has 0 saturated heterocycles. The summed E-state index contributed by atoms with van der Waals surface area (Å²) in [6.07, 6.45) is -7.26. The second kappa shape index (κ2) is 10.8. The Balaban J connectivity index is 2.01. The predicted molar refractivity (Wildman–Crippen MR) is 130 cm³/mol. The molecule has 0 spiro atoms. The number of benzene rings is 2. The van der Waals surface area contributed by atoms with Crippen LogP contribution >= 0.6 is 0 Å². The summed E-state index contributed by atoms with van der Waals surface area (Å²) in [6.45, 7) is 2.39. The Hall–Kier alpha value is -3.75. The number of hydrogen-bond donors (Lipinski definition) is 2. The number of carbonyl (C=O) groups is 2. The van der Waals surface area contributed by atoms with Gasteiger partial charge in [0.25, 0.3) is 10.0 Å². The number of hydrogen-bond acceptors (Lipinski definition) is 7. The number of amides is 1. The average molecular weight is 579 g/mol. The molecule has 39 heavy (non-hydrogen) atoms. The van der Waals surface area contributed by atoms with Crippen molar-refractivity contribution in [1.82, 2.24) is 0 Å². The van der Waals surface area contributed by atoms with Gasteiger partial charge in [-0.25, -0.2) is 17.6 Å². The Labute approximate surface area is 221 Å². The zero-order chi connectivity index (χ0) is 29.3. The first kappa shape index (κ1) is 29.8. The highest BCUT2D eigenvalue weighted by molar-refractivity contribution is 7.92. The standard InChI is InChI=1S/C24H26F4N2O8S/c1-13(21(31)32)9-15-12-30(39(34,35)16-6-7-17(25)20(11-16)36-4)18-10-14(5-8-19(18)37-15)29-22(33)38-23(2,3)24(26,27)28/h5-8,10-11,13,15H,9,12H2,1-4H3,(H,29,33)(H,31,32)/t13-,15-/m0/s1. The number of anilines is 2. The number of fused-ring (bicyclic) bond motifs is 1. The number of carboxylic acid groups (broad SMARTS) is 1. The predicted octanol–water partition coefficient (Wildman–Crippen LogP) is 4.79. The molecule has 1 heterocycles. The Bertz CT molecular complexity index is 1360. The lowest BCUT2D eigenvalue weighted by molar-refractivity contribution is -0.242. The van der Waals surface area contributed by atoms with E-state index in [4.69, 9.17) is 9.47 Å². The number of methoxy groups -OCH3 is 1. The fraction of sp³-hybridized carbons (Fsp3) is 0.417. The third-order valence-corrected chi connectivity index (χ3v) is 7.69. The van der Waals surface area contributed by atoms with Crippen LogP contribution in [0, 0.1) is 11.7 Å². The quantitative estimate of drug-likeness (QED) is 0.428. The topological polar surface area (TPSA) is 131 Å². The van der Waals surface area contributed by atoms with E-state index in [-0.39, 0.29) is 40.7 Å². The van der Waals surface area contributed by atoms with Gasteiger partial charge in [-0.1, -0.05) is 6.92 Å². The second-order valence-electron chi connectivity index (χ2n) is 9.25. The number of nitrogens with one attached hydrogen (secondary N) is 1. The van der Waals surface area contributed by atoms with Crippen LogP contribution in [0.2, 0.25) is 0 Å². The van der Waals surface area contributed by atoms with Gasteiger partial charge < -0.3 is 19.3 Å². The molecule has 0 saturated carbocycles. The fourth-order valence-electron chi connectivity index (χ4n) is 3.60. The first-order valence-electron chi connectivity index (χ1n) is 11.4. The van der Waals surface area contributed by atoms with Gasteiger partial charge in [0.05, 0.1) is 30.2 Å². The number of carbonyl (C=O) groups excluding carboxylic acids is 1. The van der Waals surface area contributed by atoms with Crippen molar-refractivity contribution in [3.05, 3.63) is 42.2 Å². The maximum Gasteiger partial charge on any atom is 0.427 e. The number of aliphatic carboxylic acids is 1. The van der Waals surface area contributed by atoms with Gasteiger partial charge in [-0.2, -0.15) is 13.2 Å². The van der Waals surface area contributed by atoms with Crippen molar-refractivity contribution in [1.29, 1.82) is 0 Å². The summed E-state index contributed by atoms with van der Waals surface area (Å²) in [6, 6.07) is 6.53. The Morgan fingerprint density at radius 3 is 2.46 bits per heavy atom. The van der Waals surface area contributed by atoms with E-state index >= 15 is 0 Å². The molecule has 1 aliphatic rings. The highest BCUT2D eigenvalue weighted by atomic mass is 32.2. The van der Waals surface area contributed by atoms with Crippen LogP contribution in [0.5, 0.6) is 11.5 Å². The van der Waals surface area contributed by atoms with Crippen LogP contribution in [-0.4, -0.2) is 57.1 Å². The maximum absolute atomic E-state index is 14.0. The number of rotatable bonds is 8. The van der Waals surface area contributed by atoms with E-state index in [9.17, 15) is 40.7 Å². The van der Waals surface area contributed by atoms with Crippen molar-refractivity contribution >= 4 is 33.5 Å². The minimum absolute atomic E-state index is 0.00368. The zero-order valence-electron chi connectivity index (χ0n) is 21.2. The van der Waals surface area contributed by atoms with Gasteiger partial charge in [-0.15, -0.1) is 0 Å². The molecule has 2 N–H and O–H groups in total. The van der Waals surface area contributed by atoms with Gasteiger partial charge in [0.1, 0.15) is 11.9 Å². The highest BCUT2D eigenvalue weighted by Crippen LogP contribution is 2.41. The van der Waals surface area contributed by atoms with Gasteiger partial charge >= 0.3 is 18.2 Å². The molecular weight excluding hydrogens is 552 g/mol. The summed E-state index contributed by atoms with van der Waals surface area (Å²) in [5, 5.41) is 11.4. The van der Waals surface area contributed by atoms with Gasteiger partial charge in [-0.3, -0.25) is 14.4 Å². The third kappa shape index (κ3) is 6.46. The van der Waals surface area contributed by atoms with Gasteiger partial charge in [0, 0.05) is 11.8 Å². The van der Waals surface area contributed by atoms with Crippen LogP contribution in [0.4, 0.5) is 33.7 Å². The van der Waals surface area contributed by atoms with E-state index in [1.54, 1.807) is 0 Å². The lowest BCUT2D eigenvalue weighted by atomic mass is 10.0. The normalized spacial score (nSPS) is 16.5. The Kier molecular flexibility index (Phi) is 8.24. The summed E-state index contributed by atoms with van der Waals surface area (Å²) >= 11 is 0. The highest BCUT2D eigenvalue weighted by Gasteiger charge is 2.51. The lowest BCUT2D eigenvalue weighted by Crippen LogP contribution is -2.45. The minimum atomic E-state index is -4.85. The van der Waals surface area contributed by atoms with E-state index in [0.29, 0.717) is 13.8 Å². The molecule has 0 bridgehead atoms. The maximum atomic E-state index is 14.0. The lowest BCUT2D eigenvalue weighted by Gasteiger charge is -2.36. The monoisotopic (exact) mass is 578 g/mol. The SMILES string of the molecule is COc1cc(S(=O)(=O)N2C[C@H](C[C@H](C)C(=O)O)Oc3ccc(NC(=O)OC(C)(C)C(F)(F)F)cc32)ccc1F. The smallest absolute Gasteiger partial charge is 0.427 e. The summed E-state index contributed by atoms with van der Waals surface area (Å²) in [5.74, 6) is -3.16. The van der Waals surface area contributed by atoms with E-state index in [1.165, 1.54) is 19.1 Å². The molecule has 214 valence electrons.